The van der Waals surface area contributed by atoms with Crippen molar-refractivity contribution in [1.29, 1.82) is 0 Å². The number of ketones is 2. The molecule has 2 N–H and O–H groups in total. The summed E-state index contributed by atoms with van der Waals surface area (Å²) in [4.78, 5) is 24.2. The zero-order chi connectivity index (χ0) is 19.9. The standard InChI is InChI=1S/C22H27FO4/c1-11-7-15-14-9-17(23)16-8-13(25)5-6-20(16,3)19(14)18(26)10-21(15,4)22(11,27)12(2)24/h5-6,8,14-15,17-19,26-27H,1,7,9-10H2,2-4H3/t14-,15-,17?,18?,19+,20-,21-,22-/m0/s1. The zero-order valence-electron chi connectivity index (χ0n) is 16.0. The summed E-state index contributed by atoms with van der Waals surface area (Å²) in [6, 6.07) is 0. The van der Waals surface area contributed by atoms with Gasteiger partial charge in [0.1, 0.15) is 11.8 Å². The topological polar surface area (TPSA) is 74.6 Å². The third-order valence-electron chi connectivity index (χ3n) is 8.18. The van der Waals surface area contributed by atoms with Crippen LogP contribution in [0.3, 0.4) is 0 Å². The van der Waals surface area contributed by atoms with Crippen LogP contribution < -0.4 is 0 Å². The van der Waals surface area contributed by atoms with Crippen molar-refractivity contribution >= 4 is 11.6 Å². The number of fused-ring (bicyclic) bond motifs is 5. The molecule has 8 atom stereocenters. The number of rotatable bonds is 1. The molecule has 0 spiro atoms. The van der Waals surface area contributed by atoms with Crippen LogP contribution in [0.1, 0.15) is 40.0 Å². The number of aliphatic hydroxyl groups is 2. The number of carbonyl (C=O) groups is 2. The lowest BCUT2D eigenvalue weighted by molar-refractivity contribution is -0.172. The van der Waals surface area contributed by atoms with Gasteiger partial charge in [-0.15, -0.1) is 0 Å². The minimum absolute atomic E-state index is 0.144. The molecule has 0 saturated heterocycles. The predicted molar refractivity (Wildman–Crippen MR) is 98.4 cm³/mol. The van der Waals surface area contributed by atoms with Gasteiger partial charge in [0, 0.05) is 16.7 Å². The molecule has 0 bridgehead atoms. The largest absolute Gasteiger partial charge is 0.393 e. The van der Waals surface area contributed by atoms with Crippen LogP contribution >= 0.6 is 0 Å². The first-order chi connectivity index (χ1) is 12.5. The minimum Gasteiger partial charge on any atom is -0.393 e. The van der Waals surface area contributed by atoms with Crippen molar-refractivity contribution in [2.45, 2.75) is 57.9 Å². The summed E-state index contributed by atoms with van der Waals surface area (Å²) >= 11 is 0. The summed E-state index contributed by atoms with van der Waals surface area (Å²) in [6.07, 6.45) is 3.36. The van der Waals surface area contributed by atoms with Gasteiger partial charge in [-0.05, 0) is 61.3 Å². The fourth-order valence-corrected chi connectivity index (χ4v) is 6.94. The molecule has 27 heavy (non-hydrogen) atoms. The van der Waals surface area contributed by atoms with E-state index in [1.807, 2.05) is 13.8 Å². The van der Waals surface area contributed by atoms with Crippen molar-refractivity contribution < 1.29 is 24.2 Å². The third-order valence-corrected chi connectivity index (χ3v) is 8.18. The van der Waals surface area contributed by atoms with Crippen molar-refractivity contribution in [2.75, 3.05) is 0 Å². The lowest BCUT2D eigenvalue weighted by Gasteiger charge is -2.59. The van der Waals surface area contributed by atoms with E-state index in [0.29, 0.717) is 17.6 Å². The van der Waals surface area contributed by atoms with E-state index in [1.165, 1.54) is 19.1 Å². The van der Waals surface area contributed by atoms with Crippen LogP contribution in [0, 0.1) is 28.6 Å². The van der Waals surface area contributed by atoms with Gasteiger partial charge in [0.2, 0.25) is 0 Å². The first-order valence-electron chi connectivity index (χ1n) is 9.66. The molecule has 0 aromatic rings. The maximum Gasteiger partial charge on any atom is 0.178 e. The summed E-state index contributed by atoms with van der Waals surface area (Å²) < 4.78 is 15.2. The van der Waals surface area contributed by atoms with E-state index >= 15 is 4.39 Å². The van der Waals surface area contributed by atoms with Crippen molar-refractivity contribution in [2.24, 2.45) is 28.6 Å². The summed E-state index contributed by atoms with van der Waals surface area (Å²) in [7, 11) is 0. The predicted octanol–water partition coefficient (Wildman–Crippen LogP) is 2.70. The highest BCUT2D eigenvalue weighted by Gasteiger charge is 2.69. The first-order valence-corrected chi connectivity index (χ1v) is 9.66. The Kier molecular flexibility index (Phi) is 3.81. The fourth-order valence-electron chi connectivity index (χ4n) is 6.94. The Balaban J connectivity index is 1.83. The normalized spacial score (nSPS) is 51.3. The van der Waals surface area contributed by atoms with Crippen molar-refractivity contribution in [3.05, 3.63) is 36.0 Å². The smallest absolute Gasteiger partial charge is 0.178 e. The molecule has 146 valence electrons. The molecule has 4 aliphatic carbocycles. The van der Waals surface area contributed by atoms with Gasteiger partial charge in [-0.1, -0.05) is 26.5 Å². The van der Waals surface area contributed by atoms with Gasteiger partial charge < -0.3 is 10.2 Å². The van der Waals surface area contributed by atoms with Crippen LogP contribution in [0.15, 0.2) is 36.0 Å². The van der Waals surface area contributed by atoms with E-state index in [4.69, 9.17) is 0 Å². The fraction of sp³-hybridized carbons (Fsp3) is 0.636. The van der Waals surface area contributed by atoms with Gasteiger partial charge in [-0.3, -0.25) is 9.59 Å². The molecule has 5 heteroatoms. The summed E-state index contributed by atoms with van der Waals surface area (Å²) in [5.41, 5.74) is -2.40. The molecular formula is C22H27FO4. The number of allylic oxidation sites excluding steroid dienone is 4. The molecule has 0 aromatic heterocycles. The Morgan fingerprint density at radius 1 is 1.37 bits per heavy atom. The third kappa shape index (κ3) is 2.10. The SMILES string of the molecule is C=C1C[C@H]2[C@@H]3CC(F)C4=CC(=O)C=C[C@]4(C)[C@H]3C(O)C[C@]2(C)[C@@]1(O)C(C)=O. The second-order valence-electron chi connectivity index (χ2n) is 9.38. The molecular weight excluding hydrogens is 347 g/mol. The van der Waals surface area contributed by atoms with E-state index in [-0.39, 0.29) is 42.2 Å². The molecule has 3 saturated carbocycles. The zero-order valence-corrected chi connectivity index (χ0v) is 16.0. The van der Waals surface area contributed by atoms with Crippen LogP contribution in [0.2, 0.25) is 0 Å². The number of carbonyl (C=O) groups excluding carboxylic acids is 2. The van der Waals surface area contributed by atoms with Crippen LogP contribution in [-0.2, 0) is 9.59 Å². The second kappa shape index (κ2) is 5.48. The average molecular weight is 374 g/mol. The number of halogens is 1. The van der Waals surface area contributed by atoms with E-state index in [9.17, 15) is 19.8 Å². The molecule has 0 heterocycles. The average Bonchev–Trinajstić information content (AvgIpc) is 2.78. The highest BCUT2D eigenvalue weighted by Crippen LogP contribution is 2.68. The molecule has 4 aliphatic rings. The van der Waals surface area contributed by atoms with Gasteiger partial charge in [0.15, 0.2) is 11.6 Å². The minimum atomic E-state index is -1.69. The van der Waals surface area contributed by atoms with E-state index in [2.05, 4.69) is 6.58 Å². The van der Waals surface area contributed by atoms with Gasteiger partial charge in [0.05, 0.1) is 6.10 Å². The van der Waals surface area contributed by atoms with Crippen molar-refractivity contribution in [1.82, 2.24) is 0 Å². The number of Topliss-reactive ketones (excluding diaryl/α,β-unsaturated/α-hetero) is 1. The van der Waals surface area contributed by atoms with Gasteiger partial charge in [0.25, 0.3) is 0 Å². The van der Waals surface area contributed by atoms with E-state index < -0.39 is 28.7 Å². The van der Waals surface area contributed by atoms with Crippen LogP contribution in [0.4, 0.5) is 4.39 Å². The maximum absolute atomic E-state index is 15.2. The first kappa shape index (κ1) is 18.8. The van der Waals surface area contributed by atoms with E-state index in [0.717, 1.165) is 0 Å². The molecule has 0 radical (unpaired) electrons. The molecule has 0 aromatic carbocycles. The van der Waals surface area contributed by atoms with Crippen molar-refractivity contribution in [3.8, 4) is 0 Å². The van der Waals surface area contributed by atoms with E-state index in [1.54, 1.807) is 6.08 Å². The van der Waals surface area contributed by atoms with Crippen LogP contribution in [0.5, 0.6) is 0 Å². The molecule has 4 rings (SSSR count). The lowest BCUT2D eigenvalue weighted by Crippen LogP contribution is -2.62. The Labute approximate surface area is 158 Å². The van der Waals surface area contributed by atoms with Gasteiger partial charge in [-0.25, -0.2) is 4.39 Å². The number of hydrogen-bond acceptors (Lipinski definition) is 4. The highest BCUT2D eigenvalue weighted by molar-refractivity contribution is 6.01. The molecule has 0 aliphatic heterocycles. The Morgan fingerprint density at radius 2 is 2.04 bits per heavy atom. The summed E-state index contributed by atoms with van der Waals surface area (Å²) in [5.74, 6) is -1.21. The molecule has 0 amide bonds. The van der Waals surface area contributed by atoms with Crippen LogP contribution in [0.25, 0.3) is 0 Å². The Bertz CT molecular complexity index is 813. The number of alkyl halides is 1. The van der Waals surface area contributed by atoms with Crippen molar-refractivity contribution in [3.63, 3.8) is 0 Å². The maximum atomic E-state index is 15.2. The lowest BCUT2D eigenvalue weighted by atomic mass is 9.46. The number of hydrogen-bond donors (Lipinski definition) is 2. The highest BCUT2D eigenvalue weighted by atomic mass is 19.1. The number of aliphatic hydroxyl groups excluding tert-OH is 1. The van der Waals surface area contributed by atoms with Gasteiger partial charge in [-0.2, -0.15) is 0 Å². The van der Waals surface area contributed by atoms with Gasteiger partial charge >= 0.3 is 0 Å². The second-order valence-corrected chi connectivity index (χ2v) is 9.38. The Morgan fingerprint density at radius 3 is 2.67 bits per heavy atom. The summed E-state index contributed by atoms with van der Waals surface area (Å²) in [6.45, 7) is 9.05. The molecule has 3 fully saturated rings. The van der Waals surface area contributed by atoms with Crippen LogP contribution in [-0.4, -0.2) is 39.7 Å². The Hall–Kier alpha value is -1.59. The monoisotopic (exact) mass is 374 g/mol. The molecule has 4 nitrogen and oxygen atoms in total. The molecule has 2 unspecified atom stereocenters. The quantitative estimate of drug-likeness (QED) is 0.692. The summed E-state index contributed by atoms with van der Waals surface area (Å²) in [5, 5.41) is 22.4.